The van der Waals surface area contributed by atoms with Crippen LogP contribution in [0.15, 0.2) is 66.9 Å². The third kappa shape index (κ3) is 5.50. The summed E-state index contributed by atoms with van der Waals surface area (Å²) < 4.78 is 18.5. The summed E-state index contributed by atoms with van der Waals surface area (Å²) in [7, 11) is 3.12. The Morgan fingerprint density at radius 2 is 1.88 bits per heavy atom. The van der Waals surface area contributed by atoms with E-state index in [0.29, 0.717) is 40.5 Å². The average molecular weight is 608 g/mol. The van der Waals surface area contributed by atoms with Crippen LogP contribution in [0.3, 0.4) is 0 Å². The van der Waals surface area contributed by atoms with Crippen molar-refractivity contribution < 1.29 is 19.1 Å². The Morgan fingerprint density at radius 1 is 1.07 bits per heavy atom. The van der Waals surface area contributed by atoms with Crippen LogP contribution in [-0.2, 0) is 4.74 Å². The number of aromatic nitrogens is 2. The highest BCUT2D eigenvalue weighted by molar-refractivity contribution is 7.80. The molecule has 4 aromatic rings. The zero-order valence-corrected chi connectivity index (χ0v) is 25.1. The number of nitro groups is 1. The molecule has 0 saturated carbocycles. The molecular formula is C30H30ClN5O5S. The molecule has 3 heterocycles. The molecule has 1 aliphatic heterocycles. The van der Waals surface area contributed by atoms with Gasteiger partial charge in [0.05, 0.1) is 53.2 Å². The maximum absolute atomic E-state index is 11.4. The molecule has 0 aliphatic carbocycles. The molecule has 0 unspecified atom stereocenters. The number of nitrogens with zero attached hydrogens (tertiary/aromatic N) is 4. The minimum absolute atomic E-state index is 0.0449. The van der Waals surface area contributed by atoms with E-state index in [4.69, 9.17) is 38.0 Å². The van der Waals surface area contributed by atoms with E-state index in [2.05, 4.69) is 16.4 Å². The fourth-order valence-electron chi connectivity index (χ4n) is 5.36. The van der Waals surface area contributed by atoms with Gasteiger partial charge < -0.3 is 29.0 Å². The molecule has 0 radical (unpaired) electrons. The molecule has 2 aromatic carbocycles. The van der Waals surface area contributed by atoms with Crippen LogP contribution in [0.1, 0.15) is 34.7 Å². The highest BCUT2D eigenvalue weighted by Crippen LogP contribution is 2.45. The first-order valence-electron chi connectivity index (χ1n) is 13.2. The van der Waals surface area contributed by atoms with E-state index in [1.54, 1.807) is 19.4 Å². The van der Waals surface area contributed by atoms with Crippen LogP contribution < -0.4 is 19.7 Å². The van der Waals surface area contributed by atoms with Crippen molar-refractivity contribution in [2.45, 2.75) is 25.9 Å². The Labute approximate surface area is 253 Å². The molecule has 10 nitrogen and oxygen atoms in total. The summed E-state index contributed by atoms with van der Waals surface area (Å²) in [5, 5.41) is 15.9. The molecule has 1 N–H and O–H groups in total. The quantitative estimate of drug-likeness (QED) is 0.0967. The van der Waals surface area contributed by atoms with E-state index in [9.17, 15) is 10.1 Å². The van der Waals surface area contributed by atoms with Gasteiger partial charge in [0.1, 0.15) is 18.1 Å². The van der Waals surface area contributed by atoms with Crippen molar-refractivity contribution in [1.82, 2.24) is 14.9 Å². The number of benzene rings is 2. The van der Waals surface area contributed by atoms with Crippen molar-refractivity contribution in [3.63, 3.8) is 0 Å². The van der Waals surface area contributed by atoms with Gasteiger partial charge >= 0.3 is 0 Å². The van der Waals surface area contributed by atoms with Gasteiger partial charge in [-0.05, 0) is 74.1 Å². The number of hydrogen-bond donors (Lipinski definition) is 1. The lowest BCUT2D eigenvalue weighted by Gasteiger charge is -2.28. The highest BCUT2D eigenvalue weighted by Gasteiger charge is 2.42. The number of nitrogens with one attached hydrogen (secondary N) is 1. The van der Waals surface area contributed by atoms with Gasteiger partial charge in [-0.25, -0.2) is 0 Å². The number of rotatable bonds is 10. The maximum atomic E-state index is 11.4. The molecule has 0 bridgehead atoms. The summed E-state index contributed by atoms with van der Waals surface area (Å²) in [6.45, 7) is 4.82. The number of halogens is 1. The summed E-state index contributed by atoms with van der Waals surface area (Å²) >= 11 is 12.6. The number of methoxy groups -OCH3 is 2. The Morgan fingerprint density at radius 3 is 2.55 bits per heavy atom. The second-order valence-electron chi connectivity index (χ2n) is 9.73. The van der Waals surface area contributed by atoms with E-state index < -0.39 is 4.92 Å². The normalized spacial score (nSPS) is 16.4. The zero-order chi connectivity index (χ0) is 30.0. The topological polar surface area (TPSA) is 104 Å². The second kappa shape index (κ2) is 12.4. The smallest absolute Gasteiger partial charge is 0.273 e. The van der Waals surface area contributed by atoms with Gasteiger partial charge in [-0.2, -0.15) is 0 Å². The van der Waals surface area contributed by atoms with Crippen LogP contribution >= 0.6 is 23.8 Å². The first kappa shape index (κ1) is 29.3. The van der Waals surface area contributed by atoms with Crippen molar-refractivity contribution in [3.8, 4) is 17.2 Å². The fraction of sp³-hybridized carbons (Fsp3) is 0.267. The van der Waals surface area contributed by atoms with E-state index >= 15 is 0 Å². The largest absolute Gasteiger partial charge is 0.494 e. The van der Waals surface area contributed by atoms with E-state index in [1.165, 1.54) is 19.2 Å². The number of aryl methyl sites for hydroxylation is 1. The summed E-state index contributed by atoms with van der Waals surface area (Å²) in [5.41, 5.74) is 5.11. The van der Waals surface area contributed by atoms with Crippen molar-refractivity contribution >= 4 is 40.3 Å². The first-order valence-corrected chi connectivity index (χ1v) is 14.0. The van der Waals surface area contributed by atoms with Gasteiger partial charge in [0, 0.05) is 36.4 Å². The third-order valence-electron chi connectivity index (χ3n) is 7.24. The molecule has 1 saturated heterocycles. The number of pyridine rings is 1. The van der Waals surface area contributed by atoms with Crippen molar-refractivity contribution in [3.05, 3.63) is 105 Å². The van der Waals surface area contributed by atoms with Crippen LogP contribution in [0.25, 0.3) is 5.69 Å². The molecule has 2 aromatic heterocycles. The molecule has 42 heavy (non-hydrogen) atoms. The predicted molar refractivity (Wildman–Crippen MR) is 165 cm³/mol. The van der Waals surface area contributed by atoms with E-state index in [0.717, 1.165) is 28.3 Å². The summed E-state index contributed by atoms with van der Waals surface area (Å²) in [5.74, 6) is 0.948. The zero-order valence-electron chi connectivity index (χ0n) is 23.5. The number of nitro benzene ring substituents is 1. The summed E-state index contributed by atoms with van der Waals surface area (Å²) in [4.78, 5) is 17.7. The lowest BCUT2D eigenvalue weighted by molar-refractivity contribution is -0.384. The molecule has 12 heteroatoms. The number of thiocarbonyl (C=S) groups is 1. The molecular weight excluding hydrogens is 578 g/mol. The number of ether oxygens (including phenoxy) is 3. The van der Waals surface area contributed by atoms with Gasteiger partial charge in [0.15, 0.2) is 5.11 Å². The number of anilines is 1. The molecule has 1 fully saturated rings. The maximum Gasteiger partial charge on any atom is 0.273 e. The van der Waals surface area contributed by atoms with Crippen LogP contribution in [0.4, 0.5) is 11.4 Å². The SMILES string of the molecule is COCCOc1ccc(N2C(=S)N[C@@H](c3ccccn3)[C@@H]2c2cc(C)n(-c3ccc([N+](=O)[O-])cc3OC)c2C)cc1Cl. The van der Waals surface area contributed by atoms with Crippen molar-refractivity contribution in [2.24, 2.45) is 0 Å². The Bertz CT molecular complexity index is 1630. The first-order chi connectivity index (χ1) is 20.2. The third-order valence-corrected chi connectivity index (χ3v) is 7.85. The monoisotopic (exact) mass is 607 g/mol. The lowest BCUT2D eigenvalue weighted by atomic mass is 9.96. The van der Waals surface area contributed by atoms with E-state index in [-0.39, 0.29) is 17.8 Å². The standard InChI is InChI=1S/C30H30ClN5O5S/c1-18-15-22(19(2)34(18)25-10-8-21(36(37)38)17-27(25)40-4)29-28(24-7-5-6-12-32-24)33-30(42)35(29)20-9-11-26(23(31)16-20)41-14-13-39-3/h5-12,15-17,28-29H,13-14H2,1-4H3,(H,33,42)/t28-,29-/m0/s1. The van der Waals surface area contributed by atoms with Crippen LogP contribution in [0.5, 0.6) is 11.5 Å². The van der Waals surface area contributed by atoms with Crippen LogP contribution in [-0.4, -0.2) is 47.0 Å². The molecule has 5 rings (SSSR count). The molecule has 2 atom stereocenters. The average Bonchev–Trinajstić information content (AvgIpc) is 3.48. The minimum atomic E-state index is -0.438. The molecule has 218 valence electrons. The Hall–Kier alpha value is -4.19. The van der Waals surface area contributed by atoms with E-state index in [1.807, 2.05) is 59.7 Å². The lowest BCUT2D eigenvalue weighted by Crippen LogP contribution is -2.29. The van der Waals surface area contributed by atoms with Gasteiger partial charge in [0.25, 0.3) is 5.69 Å². The Kier molecular flexibility index (Phi) is 8.62. The molecule has 0 spiro atoms. The molecule has 0 amide bonds. The van der Waals surface area contributed by atoms with Crippen LogP contribution in [0.2, 0.25) is 5.02 Å². The van der Waals surface area contributed by atoms with Gasteiger partial charge in [0.2, 0.25) is 0 Å². The molecule has 1 aliphatic rings. The predicted octanol–water partition coefficient (Wildman–Crippen LogP) is 6.26. The van der Waals surface area contributed by atoms with Gasteiger partial charge in [-0.15, -0.1) is 0 Å². The van der Waals surface area contributed by atoms with Crippen molar-refractivity contribution in [2.75, 3.05) is 32.3 Å². The van der Waals surface area contributed by atoms with Gasteiger partial charge in [-0.1, -0.05) is 17.7 Å². The fourth-order valence-corrected chi connectivity index (χ4v) is 5.94. The minimum Gasteiger partial charge on any atom is -0.494 e. The highest BCUT2D eigenvalue weighted by atomic mass is 35.5. The second-order valence-corrected chi connectivity index (χ2v) is 10.5. The van der Waals surface area contributed by atoms with Gasteiger partial charge in [-0.3, -0.25) is 15.1 Å². The Balaban J connectivity index is 1.63. The summed E-state index contributed by atoms with van der Waals surface area (Å²) in [6, 6.07) is 17.5. The number of hydrogen-bond acceptors (Lipinski definition) is 7. The summed E-state index contributed by atoms with van der Waals surface area (Å²) in [6.07, 6.45) is 1.76. The number of non-ortho nitro benzene ring substituents is 1. The van der Waals surface area contributed by atoms with Crippen molar-refractivity contribution in [1.29, 1.82) is 0 Å². The van der Waals surface area contributed by atoms with Crippen LogP contribution in [0, 0.1) is 24.0 Å².